The molecule has 2 aromatic rings. The average Bonchev–Trinajstić information content (AvgIpc) is 3.18. The second-order valence-electron chi connectivity index (χ2n) is 8.70. The third-order valence-corrected chi connectivity index (χ3v) is 7.77. The van der Waals surface area contributed by atoms with Crippen LogP contribution in [0.3, 0.4) is 0 Å². The number of imidazole rings is 1. The molecule has 178 valence electrons. The van der Waals surface area contributed by atoms with Gasteiger partial charge in [-0.1, -0.05) is 30.7 Å². The number of fused-ring (bicyclic) bond motifs is 1. The Morgan fingerprint density at radius 3 is 2.67 bits per heavy atom. The molecule has 0 spiro atoms. The van der Waals surface area contributed by atoms with Crippen molar-refractivity contribution >= 4 is 32.7 Å². The fourth-order valence-corrected chi connectivity index (χ4v) is 4.75. The zero-order valence-corrected chi connectivity index (χ0v) is 21.1. The van der Waals surface area contributed by atoms with E-state index in [1.54, 1.807) is 21.0 Å². The number of aromatic amines is 1. The number of allylic oxidation sites excluding steroid dienone is 1. The molecule has 1 atom stereocenters. The SMILES string of the molecule is CCC(C)=CC(N=C(C(C)=N)c1nc2ccc(C)cc2[nH]1)C1=CCN(S(=O)(=O)N(C)C)CC1. The highest BCUT2D eigenvalue weighted by Crippen LogP contribution is 2.23. The van der Waals surface area contributed by atoms with Gasteiger partial charge >= 0.3 is 0 Å². The number of hydrogen-bond donors (Lipinski definition) is 2. The number of aryl methyl sites for hydroxylation is 1. The van der Waals surface area contributed by atoms with Crippen molar-refractivity contribution in [2.24, 2.45) is 4.99 Å². The topological polar surface area (TPSA) is 106 Å². The highest BCUT2D eigenvalue weighted by Gasteiger charge is 2.28. The van der Waals surface area contributed by atoms with Gasteiger partial charge in [0, 0.05) is 27.2 Å². The van der Waals surface area contributed by atoms with Gasteiger partial charge in [0.15, 0.2) is 5.82 Å². The Labute approximate surface area is 196 Å². The molecule has 0 saturated carbocycles. The van der Waals surface area contributed by atoms with Crippen LogP contribution < -0.4 is 0 Å². The molecule has 3 rings (SSSR count). The first-order valence-electron chi connectivity index (χ1n) is 11.2. The second-order valence-corrected chi connectivity index (χ2v) is 10.8. The molecule has 0 radical (unpaired) electrons. The molecule has 0 saturated heterocycles. The van der Waals surface area contributed by atoms with Crippen molar-refractivity contribution in [3.63, 3.8) is 0 Å². The van der Waals surface area contributed by atoms with Crippen LogP contribution in [0.25, 0.3) is 11.0 Å². The molecule has 0 aliphatic carbocycles. The van der Waals surface area contributed by atoms with Gasteiger partial charge in [-0.3, -0.25) is 4.99 Å². The molecule has 33 heavy (non-hydrogen) atoms. The maximum atomic E-state index is 12.5. The second kappa shape index (κ2) is 10.1. The van der Waals surface area contributed by atoms with Crippen molar-refractivity contribution in [2.45, 2.75) is 46.6 Å². The summed E-state index contributed by atoms with van der Waals surface area (Å²) in [6.45, 7) is 8.61. The smallest absolute Gasteiger partial charge is 0.281 e. The van der Waals surface area contributed by atoms with Gasteiger partial charge in [-0.2, -0.15) is 17.0 Å². The summed E-state index contributed by atoms with van der Waals surface area (Å²) in [5.74, 6) is 0.573. The summed E-state index contributed by atoms with van der Waals surface area (Å²) in [6.07, 6.45) is 5.54. The maximum absolute atomic E-state index is 12.5. The molecule has 9 heteroatoms. The number of nitrogens with one attached hydrogen (secondary N) is 2. The number of nitrogens with zero attached hydrogens (tertiary/aromatic N) is 4. The Morgan fingerprint density at radius 1 is 1.36 bits per heavy atom. The predicted octanol–water partition coefficient (Wildman–Crippen LogP) is 3.86. The third-order valence-electron chi connectivity index (χ3n) is 5.86. The van der Waals surface area contributed by atoms with E-state index in [4.69, 9.17) is 10.4 Å². The van der Waals surface area contributed by atoms with Gasteiger partial charge in [-0.25, -0.2) is 4.98 Å². The van der Waals surface area contributed by atoms with E-state index in [0.717, 1.165) is 28.6 Å². The molecule has 1 aliphatic rings. The van der Waals surface area contributed by atoms with Gasteiger partial charge in [0.25, 0.3) is 10.2 Å². The lowest BCUT2D eigenvalue weighted by molar-refractivity contribution is 0.387. The standard InChI is InChI=1S/C24H34N6O2S/c1-7-16(2)14-21(19-10-12-30(13-11-19)33(31,32)29(5)6)26-23(18(4)25)24-27-20-9-8-17(3)15-22(20)28-24/h8-10,14-15,21,25H,7,11-13H2,1-6H3,(H,27,28). The van der Waals surface area contributed by atoms with E-state index in [-0.39, 0.29) is 6.04 Å². The average molecular weight is 471 g/mol. The molecule has 1 unspecified atom stereocenters. The molecule has 2 N–H and O–H groups in total. The van der Waals surface area contributed by atoms with Crippen molar-refractivity contribution in [2.75, 3.05) is 27.2 Å². The summed E-state index contributed by atoms with van der Waals surface area (Å²) < 4.78 is 27.7. The minimum atomic E-state index is -3.45. The lowest BCUT2D eigenvalue weighted by Crippen LogP contribution is -2.42. The van der Waals surface area contributed by atoms with Crippen LogP contribution in [0.15, 0.2) is 46.5 Å². The van der Waals surface area contributed by atoms with Gasteiger partial charge in [0.1, 0.15) is 5.71 Å². The molecule has 1 aliphatic heterocycles. The molecule has 0 amide bonds. The van der Waals surface area contributed by atoms with Crippen LogP contribution in [-0.4, -0.2) is 71.6 Å². The van der Waals surface area contributed by atoms with Crippen molar-refractivity contribution in [1.29, 1.82) is 5.41 Å². The molecule has 2 heterocycles. The van der Waals surface area contributed by atoms with Gasteiger partial charge < -0.3 is 10.4 Å². The Bertz CT molecular complexity index is 1240. The third kappa shape index (κ3) is 5.66. The summed E-state index contributed by atoms with van der Waals surface area (Å²) in [6, 6.07) is 5.73. The van der Waals surface area contributed by atoms with E-state index >= 15 is 0 Å². The van der Waals surface area contributed by atoms with Gasteiger partial charge in [-0.15, -0.1) is 0 Å². The lowest BCUT2D eigenvalue weighted by atomic mass is 9.98. The summed E-state index contributed by atoms with van der Waals surface area (Å²) >= 11 is 0. The van der Waals surface area contributed by atoms with E-state index in [0.29, 0.717) is 36.8 Å². The fourth-order valence-electron chi connectivity index (χ4n) is 3.70. The minimum absolute atomic E-state index is 0.278. The summed E-state index contributed by atoms with van der Waals surface area (Å²) in [4.78, 5) is 13.0. The van der Waals surface area contributed by atoms with E-state index in [2.05, 4.69) is 29.9 Å². The largest absolute Gasteiger partial charge is 0.337 e. The highest BCUT2D eigenvalue weighted by molar-refractivity contribution is 7.86. The van der Waals surface area contributed by atoms with E-state index < -0.39 is 10.2 Å². The van der Waals surface area contributed by atoms with Crippen LogP contribution in [0.4, 0.5) is 0 Å². The van der Waals surface area contributed by atoms with E-state index in [9.17, 15) is 8.42 Å². The molecular weight excluding hydrogens is 436 g/mol. The Balaban J connectivity index is 2.01. The quantitative estimate of drug-likeness (QED) is 0.452. The summed E-state index contributed by atoms with van der Waals surface area (Å²) in [5, 5.41) is 8.38. The van der Waals surface area contributed by atoms with Crippen LogP contribution in [0.1, 0.15) is 45.0 Å². The summed E-state index contributed by atoms with van der Waals surface area (Å²) in [5.41, 5.74) is 5.96. The van der Waals surface area contributed by atoms with Crippen LogP contribution in [0.5, 0.6) is 0 Å². The molecule has 0 bridgehead atoms. The van der Waals surface area contributed by atoms with Gasteiger partial charge in [0.2, 0.25) is 0 Å². The number of H-pyrrole nitrogens is 1. The number of hydrogen-bond acceptors (Lipinski definition) is 5. The Hall–Kier alpha value is -2.62. The first-order chi connectivity index (χ1) is 15.5. The van der Waals surface area contributed by atoms with Crippen LogP contribution in [-0.2, 0) is 10.2 Å². The van der Waals surface area contributed by atoms with Crippen LogP contribution in [0.2, 0.25) is 0 Å². The molecule has 1 aromatic carbocycles. The first-order valence-corrected chi connectivity index (χ1v) is 12.6. The van der Waals surface area contributed by atoms with Crippen molar-refractivity contribution in [3.8, 4) is 0 Å². The fraction of sp³-hybridized carbons (Fsp3) is 0.458. The summed E-state index contributed by atoms with van der Waals surface area (Å²) in [7, 11) is -0.364. The van der Waals surface area contributed by atoms with E-state index in [1.165, 1.54) is 14.2 Å². The first kappa shape index (κ1) is 25.0. The highest BCUT2D eigenvalue weighted by atomic mass is 32.2. The van der Waals surface area contributed by atoms with Crippen LogP contribution in [0, 0.1) is 12.3 Å². The number of benzene rings is 1. The van der Waals surface area contributed by atoms with E-state index in [1.807, 2.05) is 31.2 Å². The number of rotatable bonds is 8. The zero-order chi connectivity index (χ0) is 24.3. The van der Waals surface area contributed by atoms with Gasteiger partial charge in [-0.05, 0) is 56.9 Å². The minimum Gasteiger partial charge on any atom is -0.337 e. The normalized spacial score (nSPS) is 17.5. The Kier molecular flexibility index (Phi) is 7.66. The molecule has 0 fully saturated rings. The molecular formula is C24H34N6O2S. The maximum Gasteiger partial charge on any atom is 0.281 e. The Morgan fingerprint density at radius 2 is 2.09 bits per heavy atom. The molecule has 1 aromatic heterocycles. The monoisotopic (exact) mass is 470 g/mol. The van der Waals surface area contributed by atoms with Crippen molar-refractivity contribution in [3.05, 3.63) is 52.9 Å². The van der Waals surface area contributed by atoms with Crippen molar-refractivity contribution < 1.29 is 8.42 Å². The van der Waals surface area contributed by atoms with Gasteiger partial charge in [0.05, 0.1) is 22.8 Å². The number of aromatic nitrogens is 2. The number of aliphatic imine (C=N–C) groups is 1. The molecule has 8 nitrogen and oxygen atoms in total. The van der Waals surface area contributed by atoms with Crippen molar-refractivity contribution in [1.82, 2.24) is 18.6 Å². The predicted molar refractivity (Wildman–Crippen MR) is 135 cm³/mol. The van der Waals surface area contributed by atoms with Crippen LogP contribution >= 0.6 is 0 Å². The zero-order valence-electron chi connectivity index (χ0n) is 20.3. The lowest BCUT2D eigenvalue weighted by Gasteiger charge is -2.29.